The summed E-state index contributed by atoms with van der Waals surface area (Å²) < 4.78 is 0. The molecule has 2 aliphatic rings. The van der Waals surface area contributed by atoms with E-state index in [1.54, 1.807) is 0 Å². The van der Waals surface area contributed by atoms with Crippen LogP contribution >= 0.6 is 0 Å². The first-order valence-corrected chi connectivity index (χ1v) is 7.34. The zero-order valence-electron chi connectivity index (χ0n) is 11.4. The lowest BCUT2D eigenvalue weighted by molar-refractivity contribution is 0.323. The van der Waals surface area contributed by atoms with Crippen molar-refractivity contribution in [3.63, 3.8) is 0 Å². The Bertz CT molecular complexity index is 373. The van der Waals surface area contributed by atoms with Gasteiger partial charge in [0.05, 0.1) is 0 Å². The number of aryl methyl sites for hydroxylation is 1. The average Bonchev–Trinajstić information content (AvgIpc) is 2.92. The number of anilines is 1. The number of fused-ring (bicyclic) bond motifs is 1. The highest BCUT2D eigenvalue weighted by molar-refractivity contribution is 5.44. The van der Waals surface area contributed by atoms with Crippen LogP contribution < -0.4 is 5.32 Å². The molecule has 1 aromatic rings. The molecule has 1 N–H and O–H groups in total. The quantitative estimate of drug-likeness (QED) is 0.875. The summed E-state index contributed by atoms with van der Waals surface area (Å²) in [5.74, 6) is 2.04. The summed E-state index contributed by atoms with van der Waals surface area (Å²) in [6.07, 6.45) is 4.43. The molecular formula is C16H24N2. The normalized spacial score (nSPS) is 27.4. The molecule has 1 saturated carbocycles. The van der Waals surface area contributed by atoms with Gasteiger partial charge in [-0.1, -0.05) is 24.1 Å². The van der Waals surface area contributed by atoms with Crippen LogP contribution in [0, 0.1) is 18.8 Å². The second kappa shape index (κ2) is 5.31. The molecule has 1 heterocycles. The predicted octanol–water partition coefficient (Wildman–Crippen LogP) is 3.14. The van der Waals surface area contributed by atoms with E-state index in [0.29, 0.717) is 0 Å². The number of nitrogens with one attached hydrogen (secondary N) is 1. The summed E-state index contributed by atoms with van der Waals surface area (Å²) in [4.78, 5) is 2.65. The van der Waals surface area contributed by atoms with Crippen molar-refractivity contribution in [1.29, 1.82) is 0 Å². The lowest BCUT2D eigenvalue weighted by Gasteiger charge is -2.17. The molecule has 2 heteroatoms. The van der Waals surface area contributed by atoms with Crippen LogP contribution in [0.1, 0.15) is 24.8 Å². The Hall–Kier alpha value is -1.02. The van der Waals surface area contributed by atoms with E-state index in [-0.39, 0.29) is 0 Å². The van der Waals surface area contributed by atoms with Crippen LogP contribution in [0.5, 0.6) is 0 Å². The van der Waals surface area contributed by atoms with Gasteiger partial charge in [0.25, 0.3) is 0 Å². The van der Waals surface area contributed by atoms with Gasteiger partial charge in [0.1, 0.15) is 0 Å². The Morgan fingerprint density at radius 1 is 1.11 bits per heavy atom. The molecule has 2 fully saturated rings. The molecule has 2 nitrogen and oxygen atoms in total. The SMILES string of the molecule is Cc1ccc(NCCN2CC3CCCC3C2)cc1. The number of hydrogen-bond acceptors (Lipinski definition) is 2. The molecule has 1 aromatic carbocycles. The molecule has 3 rings (SSSR count). The molecule has 18 heavy (non-hydrogen) atoms. The van der Waals surface area contributed by atoms with E-state index in [1.165, 1.54) is 50.1 Å². The van der Waals surface area contributed by atoms with Crippen molar-refractivity contribution in [2.24, 2.45) is 11.8 Å². The Morgan fingerprint density at radius 2 is 1.78 bits per heavy atom. The van der Waals surface area contributed by atoms with Gasteiger partial charge >= 0.3 is 0 Å². The fraction of sp³-hybridized carbons (Fsp3) is 0.625. The minimum absolute atomic E-state index is 1.02. The highest BCUT2D eigenvalue weighted by Gasteiger charge is 2.35. The van der Waals surface area contributed by atoms with E-state index in [9.17, 15) is 0 Å². The smallest absolute Gasteiger partial charge is 0.0340 e. The first-order chi connectivity index (χ1) is 8.81. The second-order valence-corrected chi connectivity index (χ2v) is 6.00. The molecule has 98 valence electrons. The van der Waals surface area contributed by atoms with Crippen molar-refractivity contribution in [1.82, 2.24) is 4.90 Å². The maximum atomic E-state index is 3.52. The van der Waals surface area contributed by atoms with Crippen molar-refractivity contribution >= 4 is 5.69 Å². The van der Waals surface area contributed by atoms with E-state index in [1.807, 2.05) is 0 Å². The third-order valence-electron chi connectivity index (χ3n) is 4.61. The van der Waals surface area contributed by atoms with E-state index < -0.39 is 0 Å². The molecule has 0 amide bonds. The standard InChI is InChI=1S/C16H24N2/c1-13-5-7-16(8-6-13)17-9-10-18-11-14-3-2-4-15(14)12-18/h5-8,14-15,17H,2-4,9-12H2,1H3. The number of rotatable bonds is 4. The molecule has 2 unspecified atom stereocenters. The van der Waals surface area contributed by atoms with Gasteiger partial charge in [-0.15, -0.1) is 0 Å². The monoisotopic (exact) mass is 244 g/mol. The van der Waals surface area contributed by atoms with E-state index in [0.717, 1.165) is 18.4 Å². The molecule has 2 atom stereocenters. The van der Waals surface area contributed by atoms with Crippen LogP contribution in [0.15, 0.2) is 24.3 Å². The molecule has 0 bridgehead atoms. The summed E-state index contributed by atoms with van der Waals surface area (Å²) >= 11 is 0. The third-order valence-corrected chi connectivity index (χ3v) is 4.61. The summed E-state index contributed by atoms with van der Waals surface area (Å²) in [5.41, 5.74) is 2.58. The Labute approximate surface area is 110 Å². The number of nitrogens with zero attached hydrogens (tertiary/aromatic N) is 1. The lowest BCUT2D eigenvalue weighted by atomic mass is 10.0. The number of likely N-dealkylation sites (tertiary alicyclic amines) is 1. The van der Waals surface area contributed by atoms with E-state index in [4.69, 9.17) is 0 Å². The van der Waals surface area contributed by atoms with Crippen LogP contribution in [0.3, 0.4) is 0 Å². The molecule has 0 radical (unpaired) electrons. The Balaban J connectivity index is 1.41. The molecule has 0 spiro atoms. The van der Waals surface area contributed by atoms with Crippen molar-refractivity contribution in [2.75, 3.05) is 31.5 Å². The molecule has 1 aliphatic carbocycles. The zero-order chi connectivity index (χ0) is 12.4. The summed E-state index contributed by atoms with van der Waals surface area (Å²) in [6.45, 7) is 7.09. The second-order valence-electron chi connectivity index (χ2n) is 6.00. The van der Waals surface area contributed by atoms with Crippen molar-refractivity contribution < 1.29 is 0 Å². The minimum Gasteiger partial charge on any atom is -0.384 e. The zero-order valence-corrected chi connectivity index (χ0v) is 11.4. The predicted molar refractivity (Wildman–Crippen MR) is 76.9 cm³/mol. The largest absolute Gasteiger partial charge is 0.384 e. The highest BCUT2D eigenvalue weighted by atomic mass is 15.2. The van der Waals surface area contributed by atoms with Gasteiger partial charge < -0.3 is 10.2 Å². The number of hydrogen-bond donors (Lipinski definition) is 1. The van der Waals surface area contributed by atoms with Crippen molar-refractivity contribution in [2.45, 2.75) is 26.2 Å². The summed E-state index contributed by atoms with van der Waals surface area (Å²) in [5, 5.41) is 3.52. The van der Waals surface area contributed by atoms with E-state index in [2.05, 4.69) is 41.4 Å². The Morgan fingerprint density at radius 3 is 2.44 bits per heavy atom. The lowest BCUT2D eigenvalue weighted by Crippen LogP contribution is -2.27. The van der Waals surface area contributed by atoms with Crippen molar-refractivity contribution in [3.8, 4) is 0 Å². The molecule has 1 saturated heterocycles. The topological polar surface area (TPSA) is 15.3 Å². The van der Waals surface area contributed by atoms with Gasteiger partial charge in [0.2, 0.25) is 0 Å². The maximum Gasteiger partial charge on any atom is 0.0340 e. The third kappa shape index (κ3) is 2.69. The van der Waals surface area contributed by atoms with Crippen LogP contribution in [0.2, 0.25) is 0 Å². The van der Waals surface area contributed by atoms with Crippen LogP contribution in [0.4, 0.5) is 5.69 Å². The molecule has 0 aromatic heterocycles. The molecule has 1 aliphatic heterocycles. The fourth-order valence-electron chi connectivity index (χ4n) is 3.54. The fourth-order valence-corrected chi connectivity index (χ4v) is 3.54. The van der Waals surface area contributed by atoms with Crippen LogP contribution in [-0.4, -0.2) is 31.1 Å². The van der Waals surface area contributed by atoms with Gasteiger partial charge in [-0.3, -0.25) is 0 Å². The summed E-state index contributed by atoms with van der Waals surface area (Å²) in [6, 6.07) is 8.69. The highest BCUT2D eigenvalue weighted by Crippen LogP contribution is 2.37. The van der Waals surface area contributed by atoms with Gasteiger partial charge in [-0.2, -0.15) is 0 Å². The van der Waals surface area contributed by atoms with E-state index >= 15 is 0 Å². The van der Waals surface area contributed by atoms with Gasteiger partial charge in [-0.05, 0) is 43.7 Å². The van der Waals surface area contributed by atoms with Crippen LogP contribution in [0.25, 0.3) is 0 Å². The average molecular weight is 244 g/mol. The first-order valence-electron chi connectivity index (χ1n) is 7.34. The first kappa shape index (κ1) is 12.0. The van der Waals surface area contributed by atoms with Gasteiger partial charge in [0.15, 0.2) is 0 Å². The minimum atomic E-state index is 1.02. The number of benzene rings is 1. The van der Waals surface area contributed by atoms with Gasteiger partial charge in [0, 0.05) is 31.9 Å². The van der Waals surface area contributed by atoms with Gasteiger partial charge in [-0.25, -0.2) is 0 Å². The maximum absolute atomic E-state index is 3.52. The van der Waals surface area contributed by atoms with Crippen molar-refractivity contribution in [3.05, 3.63) is 29.8 Å². The Kier molecular flexibility index (Phi) is 3.55. The molecular weight excluding hydrogens is 220 g/mol. The van der Waals surface area contributed by atoms with Crippen LogP contribution in [-0.2, 0) is 0 Å². The summed E-state index contributed by atoms with van der Waals surface area (Å²) in [7, 11) is 0.